The Bertz CT molecular complexity index is 446. The van der Waals surface area contributed by atoms with Gasteiger partial charge in [0.1, 0.15) is 18.5 Å². The molecule has 5 heteroatoms. The number of nitrogen functional groups attached to an aromatic ring is 1. The van der Waals surface area contributed by atoms with E-state index in [1.807, 2.05) is 18.2 Å². The zero-order valence-corrected chi connectivity index (χ0v) is 7.38. The average molecular weight is 187 g/mol. The van der Waals surface area contributed by atoms with Crippen molar-refractivity contribution in [1.29, 1.82) is 5.41 Å². The predicted molar refractivity (Wildman–Crippen MR) is 52.4 cm³/mol. The normalized spacial score (nSPS) is 10.0. The van der Waals surface area contributed by atoms with Crippen molar-refractivity contribution in [3.05, 3.63) is 42.5 Å². The maximum Gasteiger partial charge on any atom is 0.124 e. The number of hydrogen-bond donors (Lipinski definition) is 2. The Kier molecular flexibility index (Phi) is 1.98. The number of benzene rings is 1. The molecule has 0 aliphatic heterocycles. The number of nitrogens with two attached hydrogens (primary N) is 1. The van der Waals surface area contributed by atoms with E-state index in [1.54, 1.807) is 23.3 Å². The summed E-state index contributed by atoms with van der Waals surface area (Å²) < 4.78 is 1.72. The number of nitrogens with zero attached hydrogens (tertiary/aromatic N) is 3. The molecule has 1 heterocycles. The monoisotopic (exact) mass is 187 g/mol. The summed E-state index contributed by atoms with van der Waals surface area (Å²) in [6.07, 6.45) is 3.14. The van der Waals surface area contributed by atoms with Crippen LogP contribution in [-0.2, 0) is 0 Å². The molecule has 0 unspecified atom stereocenters. The summed E-state index contributed by atoms with van der Waals surface area (Å²) in [5.41, 5.74) is 6.93. The van der Waals surface area contributed by atoms with Crippen LogP contribution >= 0.6 is 0 Å². The molecule has 1 aromatic carbocycles. The smallest absolute Gasteiger partial charge is 0.124 e. The Morgan fingerprint density at radius 3 is 2.50 bits per heavy atom. The number of amidine groups is 1. The molecule has 0 aliphatic carbocycles. The van der Waals surface area contributed by atoms with Gasteiger partial charge in [0, 0.05) is 5.56 Å². The second kappa shape index (κ2) is 3.29. The molecule has 2 aromatic rings. The zero-order chi connectivity index (χ0) is 9.97. The minimum atomic E-state index is 0.0364. The first-order valence-corrected chi connectivity index (χ1v) is 4.07. The first kappa shape index (κ1) is 8.43. The molecular formula is C9H9N5. The van der Waals surface area contributed by atoms with Gasteiger partial charge >= 0.3 is 0 Å². The SMILES string of the molecule is N=C(N)c1ccccc1-n1cnnc1. The molecule has 14 heavy (non-hydrogen) atoms. The van der Waals surface area contributed by atoms with Gasteiger partial charge in [-0.2, -0.15) is 0 Å². The summed E-state index contributed by atoms with van der Waals surface area (Å²) in [6, 6.07) is 7.37. The highest BCUT2D eigenvalue weighted by Gasteiger charge is 2.05. The lowest BCUT2D eigenvalue weighted by Gasteiger charge is -2.06. The van der Waals surface area contributed by atoms with E-state index in [0.29, 0.717) is 5.56 Å². The maximum absolute atomic E-state index is 7.40. The van der Waals surface area contributed by atoms with Crippen molar-refractivity contribution < 1.29 is 0 Å². The molecule has 0 atom stereocenters. The molecule has 70 valence electrons. The molecule has 0 fully saturated rings. The van der Waals surface area contributed by atoms with E-state index in [9.17, 15) is 0 Å². The van der Waals surface area contributed by atoms with E-state index < -0.39 is 0 Å². The van der Waals surface area contributed by atoms with Crippen LogP contribution < -0.4 is 5.73 Å². The van der Waals surface area contributed by atoms with Gasteiger partial charge < -0.3 is 5.73 Å². The largest absolute Gasteiger partial charge is 0.384 e. The van der Waals surface area contributed by atoms with Gasteiger partial charge in [-0.3, -0.25) is 9.98 Å². The highest BCUT2D eigenvalue weighted by Crippen LogP contribution is 2.12. The second-order valence-electron chi connectivity index (χ2n) is 2.80. The molecule has 0 spiro atoms. The third-order valence-corrected chi connectivity index (χ3v) is 1.89. The van der Waals surface area contributed by atoms with Gasteiger partial charge in [-0.05, 0) is 12.1 Å². The Morgan fingerprint density at radius 1 is 1.21 bits per heavy atom. The lowest BCUT2D eigenvalue weighted by Crippen LogP contribution is -2.14. The summed E-state index contributed by atoms with van der Waals surface area (Å²) in [5.74, 6) is 0.0364. The zero-order valence-electron chi connectivity index (χ0n) is 7.38. The predicted octanol–water partition coefficient (Wildman–Crippen LogP) is 0.551. The molecule has 0 saturated heterocycles. The topological polar surface area (TPSA) is 80.6 Å². The van der Waals surface area contributed by atoms with E-state index in [-0.39, 0.29) is 5.84 Å². The van der Waals surface area contributed by atoms with E-state index in [0.717, 1.165) is 5.69 Å². The molecule has 1 aromatic heterocycles. The lowest BCUT2D eigenvalue weighted by molar-refractivity contribution is 1.05. The molecule has 5 nitrogen and oxygen atoms in total. The number of aromatic nitrogens is 3. The molecule has 0 bridgehead atoms. The molecule has 3 N–H and O–H groups in total. The minimum absolute atomic E-state index is 0.0364. The van der Waals surface area contributed by atoms with Gasteiger partial charge in [0.25, 0.3) is 0 Å². The molecule has 0 saturated carbocycles. The fourth-order valence-corrected chi connectivity index (χ4v) is 1.25. The van der Waals surface area contributed by atoms with Crippen LogP contribution in [0.25, 0.3) is 5.69 Å². The fraction of sp³-hybridized carbons (Fsp3) is 0. The van der Waals surface area contributed by atoms with Crippen LogP contribution in [-0.4, -0.2) is 20.6 Å². The van der Waals surface area contributed by atoms with Crippen LogP contribution in [0.1, 0.15) is 5.56 Å². The van der Waals surface area contributed by atoms with Gasteiger partial charge in [-0.15, -0.1) is 10.2 Å². The van der Waals surface area contributed by atoms with Crippen molar-refractivity contribution in [2.45, 2.75) is 0 Å². The second-order valence-corrected chi connectivity index (χ2v) is 2.80. The average Bonchev–Trinajstić information content (AvgIpc) is 2.70. The molecular weight excluding hydrogens is 178 g/mol. The number of nitrogens with one attached hydrogen (secondary N) is 1. The van der Waals surface area contributed by atoms with Crippen molar-refractivity contribution in [3.8, 4) is 5.69 Å². The summed E-state index contributed by atoms with van der Waals surface area (Å²) in [6.45, 7) is 0. The van der Waals surface area contributed by atoms with E-state index in [1.165, 1.54) is 0 Å². The van der Waals surface area contributed by atoms with Crippen LogP contribution in [0, 0.1) is 5.41 Å². The Labute approximate surface area is 80.7 Å². The number of rotatable bonds is 2. The summed E-state index contributed by atoms with van der Waals surface area (Å²) in [4.78, 5) is 0. The first-order valence-electron chi connectivity index (χ1n) is 4.07. The summed E-state index contributed by atoms with van der Waals surface area (Å²) in [5, 5.41) is 14.8. The maximum atomic E-state index is 7.40. The summed E-state index contributed by atoms with van der Waals surface area (Å²) >= 11 is 0. The van der Waals surface area contributed by atoms with E-state index in [2.05, 4.69) is 10.2 Å². The lowest BCUT2D eigenvalue weighted by atomic mass is 10.1. The van der Waals surface area contributed by atoms with Crippen molar-refractivity contribution >= 4 is 5.84 Å². The third kappa shape index (κ3) is 1.35. The van der Waals surface area contributed by atoms with Crippen molar-refractivity contribution in [3.63, 3.8) is 0 Å². The van der Waals surface area contributed by atoms with Gasteiger partial charge in [-0.1, -0.05) is 12.1 Å². The standard InChI is InChI=1S/C9H9N5/c10-9(11)7-3-1-2-4-8(7)14-5-12-13-6-14/h1-6H,(H3,10,11). The minimum Gasteiger partial charge on any atom is -0.384 e. The van der Waals surface area contributed by atoms with Crippen molar-refractivity contribution in [1.82, 2.24) is 14.8 Å². The molecule has 0 aliphatic rings. The van der Waals surface area contributed by atoms with Crippen LogP contribution in [0.15, 0.2) is 36.9 Å². The Hall–Kier alpha value is -2.17. The van der Waals surface area contributed by atoms with Gasteiger partial charge in [-0.25, -0.2) is 0 Å². The fourth-order valence-electron chi connectivity index (χ4n) is 1.25. The highest BCUT2D eigenvalue weighted by molar-refractivity contribution is 5.98. The van der Waals surface area contributed by atoms with Crippen LogP contribution in [0.3, 0.4) is 0 Å². The first-order chi connectivity index (χ1) is 6.79. The van der Waals surface area contributed by atoms with Crippen molar-refractivity contribution in [2.24, 2.45) is 5.73 Å². The Morgan fingerprint density at radius 2 is 1.86 bits per heavy atom. The molecule has 0 amide bonds. The van der Waals surface area contributed by atoms with Gasteiger partial charge in [0.2, 0.25) is 0 Å². The van der Waals surface area contributed by atoms with Crippen LogP contribution in [0.4, 0.5) is 0 Å². The summed E-state index contributed by atoms with van der Waals surface area (Å²) in [7, 11) is 0. The quantitative estimate of drug-likeness (QED) is 0.532. The van der Waals surface area contributed by atoms with E-state index >= 15 is 0 Å². The van der Waals surface area contributed by atoms with E-state index in [4.69, 9.17) is 11.1 Å². The van der Waals surface area contributed by atoms with Crippen molar-refractivity contribution in [2.75, 3.05) is 0 Å². The van der Waals surface area contributed by atoms with Crippen LogP contribution in [0.5, 0.6) is 0 Å². The molecule has 0 radical (unpaired) electrons. The Balaban J connectivity index is 2.58. The van der Waals surface area contributed by atoms with Gasteiger partial charge in [0.05, 0.1) is 5.69 Å². The third-order valence-electron chi connectivity index (χ3n) is 1.89. The number of hydrogen-bond acceptors (Lipinski definition) is 3. The highest BCUT2D eigenvalue weighted by atomic mass is 15.2. The van der Waals surface area contributed by atoms with Gasteiger partial charge in [0.15, 0.2) is 0 Å². The number of para-hydroxylation sites is 1. The van der Waals surface area contributed by atoms with Crippen LogP contribution in [0.2, 0.25) is 0 Å². The molecule has 2 rings (SSSR count).